The molecule has 2 heterocycles. The van der Waals surface area contributed by atoms with Gasteiger partial charge in [-0.3, -0.25) is 9.97 Å². The molecule has 0 aromatic carbocycles. The summed E-state index contributed by atoms with van der Waals surface area (Å²) in [5, 5.41) is 0. The molecule has 0 aliphatic rings. The van der Waals surface area contributed by atoms with E-state index in [9.17, 15) is 9.59 Å². The molecule has 0 aliphatic heterocycles. The zero-order valence-electron chi connectivity index (χ0n) is 16.4. The van der Waals surface area contributed by atoms with Gasteiger partial charge in [-0.2, -0.15) is 0 Å². The number of nitrogens with zero attached hydrogens (tertiary/aromatic N) is 2. The van der Waals surface area contributed by atoms with Gasteiger partial charge in [0.25, 0.3) is 0 Å². The van der Waals surface area contributed by atoms with Crippen LogP contribution in [0.1, 0.15) is 34.6 Å². The number of carbonyl (C=O) groups is 2. The molecule has 0 spiro atoms. The third-order valence-electron chi connectivity index (χ3n) is 3.58. The third kappa shape index (κ3) is 8.35. The number of hydrogen-bond donors (Lipinski definition) is 0. The van der Waals surface area contributed by atoms with Crippen LogP contribution < -0.4 is 0 Å². The van der Waals surface area contributed by atoms with Crippen LogP contribution in [-0.4, -0.2) is 61.5 Å². The van der Waals surface area contributed by atoms with Crippen molar-refractivity contribution < 1.29 is 48.0 Å². The van der Waals surface area contributed by atoms with E-state index in [0.717, 1.165) is 0 Å². The van der Waals surface area contributed by atoms with Crippen molar-refractivity contribution in [3.8, 4) is 11.4 Å². The van der Waals surface area contributed by atoms with Crippen LogP contribution in [0.3, 0.4) is 0 Å². The minimum atomic E-state index is -0.477. The number of aromatic nitrogens is 2. The summed E-state index contributed by atoms with van der Waals surface area (Å²) in [4.78, 5) is 32.7. The first-order valence-electron chi connectivity index (χ1n) is 9.08. The fraction of sp³-hybridized carbons (Fsp3) is 0.400. The number of esters is 2. The van der Waals surface area contributed by atoms with Gasteiger partial charge in [-0.05, 0) is 38.1 Å². The zero-order chi connectivity index (χ0) is 20.2. The van der Waals surface area contributed by atoms with Crippen LogP contribution in [0.25, 0.3) is 11.4 Å². The molecule has 0 bridgehead atoms. The fourth-order valence-electron chi connectivity index (χ4n) is 2.24. The van der Waals surface area contributed by atoms with Crippen molar-refractivity contribution in [2.24, 2.45) is 0 Å². The van der Waals surface area contributed by atoms with Gasteiger partial charge < -0.3 is 18.9 Å². The first-order valence-corrected chi connectivity index (χ1v) is 9.08. The van der Waals surface area contributed by atoms with Crippen molar-refractivity contribution in [1.82, 2.24) is 9.97 Å². The summed E-state index contributed by atoms with van der Waals surface area (Å²) in [7, 11) is 0. The quantitative estimate of drug-likeness (QED) is 0.270. The number of hydrogen-bond acceptors (Lipinski definition) is 8. The topological polar surface area (TPSA) is 96.8 Å². The van der Waals surface area contributed by atoms with Crippen molar-refractivity contribution in [1.29, 1.82) is 0 Å². The second-order valence-corrected chi connectivity index (χ2v) is 5.53. The van der Waals surface area contributed by atoms with E-state index in [-0.39, 0.29) is 32.7 Å². The van der Waals surface area contributed by atoms with Crippen LogP contribution >= 0.6 is 0 Å². The van der Waals surface area contributed by atoms with Crippen molar-refractivity contribution >= 4 is 11.9 Å². The number of ether oxygens (including phenoxy) is 4. The molecule has 0 saturated heterocycles. The summed E-state index contributed by atoms with van der Waals surface area (Å²) in [5.74, 6) is -0.954. The average Bonchev–Trinajstić information content (AvgIpc) is 2.74. The largest absolute Gasteiger partial charge is 0.460 e. The van der Waals surface area contributed by atoms with Crippen LogP contribution in [0.2, 0.25) is 0 Å². The molecule has 2 aromatic heterocycles. The standard InChI is InChI=1S/C20H24N2O6.Ru/c1-3-25-9-11-27-19(23)15-5-7-21-17(13-15)18-14-16(6-8-22-18)20(24)28-12-10-26-4-2;/h5-8,13-14H,3-4,9-12H2,1-2H3;. The Morgan fingerprint density at radius 1 is 0.759 bits per heavy atom. The second-order valence-electron chi connectivity index (χ2n) is 5.53. The van der Waals surface area contributed by atoms with Crippen molar-refractivity contribution in [3.63, 3.8) is 0 Å². The molecule has 0 unspecified atom stereocenters. The molecule has 0 atom stereocenters. The Morgan fingerprint density at radius 2 is 1.17 bits per heavy atom. The van der Waals surface area contributed by atoms with Gasteiger partial charge in [-0.1, -0.05) is 0 Å². The van der Waals surface area contributed by atoms with Crippen molar-refractivity contribution in [3.05, 3.63) is 47.8 Å². The van der Waals surface area contributed by atoms with Gasteiger partial charge in [0, 0.05) is 45.1 Å². The molecule has 158 valence electrons. The second kappa shape index (κ2) is 13.9. The van der Waals surface area contributed by atoms with Crippen LogP contribution in [0.4, 0.5) is 0 Å². The molecule has 29 heavy (non-hydrogen) atoms. The molecule has 9 heteroatoms. The molecule has 0 saturated carbocycles. The van der Waals surface area contributed by atoms with Crippen LogP contribution in [0.15, 0.2) is 36.7 Å². The smallest absolute Gasteiger partial charge is 0.338 e. The minimum absolute atomic E-state index is 0. The summed E-state index contributed by atoms with van der Waals surface area (Å²) < 4.78 is 20.6. The summed E-state index contributed by atoms with van der Waals surface area (Å²) >= 11 is 0. The summed E-state index contributed by atoms with van der Waals surface area (Å²) in [6.45, 7) is 5.89. The van der Waals surface area contributed by atoms with E-state index >= 15 is 0 Å². The Bertz CT molecular complexity index is 722. The molecule has 0 aliphatic carbocycles. The maximum absolute atomic E-state index is 12.1. The fourth-order valence-corrected chi connectivity index (χ4v) is 2.24. The van der Waals surface area contributed by atoms with Crippen LogP contribution in [-0.2, 0) is 38.4 Å². The Balaban J connectivity index is 0.00000420. The Hall–Kier alpha value is -2.22. The molecule has 0 fully saturated rings. The third-order valence-corrected chi connectivity index (χ3v) is 3.58. The Morgan fingerprint density at radius 3 is 1.55 bits per heavy atom. The molecular weight excluding hydrogens is 465 g/mol. The predicted octanol–water partition coefficient (Wildman–Crippen LogP) is 2.53. The normalized spacial score (nSPS) is 10.1. The summed E-state index contributed by atoms with van der Waals surface area (Å²) in [5.41, 5.74) is 1.58. The maximum Gasteiger partial charge on any atom is 0.338 e. The molecule has 8 nitrogen and oxygen atoms in total. The van der Waals surface area contributed by atoms with Crippen LogP contribution in [0, 0.1) is 0 Å². The van der Waals surface area contributed by atoms with Gasteiger partial charge in [-0.15, -0.1) is 0 Å². The van der Waals surface area contributed by atoms with Gasteiger partial charge >= 0.3 is 11.9 Å². The first-order chi connectivity index (χ1) is 13.7. The van der Waals surface area contributed by atoms with E-state index in [1.165, 1.54) is 12.4 Å². The predicted molar refractivity (Wildman–Crippen MR) is 101 cm³/mol. The van der Waals surface area contributed by atoms with Crippen molar-refractivity contribution in [2.45, 2.75) is 13.8 Å². The number of carbonyl (C=O) groups excluding carboxylic acids is 2. The Kier molecular flexibility index (Phi) is 11.9. The average molecular weight is 489 g/mol. The molecule has 0 amide bonds. The number of pyridine rings is 2. The SMILES string of the molecule is CCOCCOC(=O)c1ccnc(-c2cc(C(=O)OCCOCC)ccn2)c1.[Ru]. The molecular formula is C20H24N2O6Ru. The minimum Gasteiger partial charge on any atom is -0.460 e. The maximum atomic E-state index is 12.1. The summed E-state index contributed by atoms with van der Waals surface area (Å²) in [6, 6.07) is 6.24. The van der Waals surface area contributed by atoms with Gasteiger partial charge in [-0.25, -0.2) is 9.59 Å². The first kappa shape index (κ1) is 24.8. The Labute approximate surface area is 182 Å². The van der Waals surface area contributed by atoms with E-state index in [1.807, 2.05) is 13.8 Å². The van der Waals surface area contributed by atoms with Gasteiger partial charge in [0.05, 0.1) is 35.7 Å². The number of rotatable bonds is 11. The van der Waals surface area contributed by atoms with Gasteiger partial charge in [0.1, 0.15) is 13.2 Å². The molecule has 2 rings (SSSR count). The van der Waals surface area contributed by atoms with Gasteiger partial charge in [0.15, 0.2) is 0 Å². The summed E-state index contributed by atoms with van der Waals surface area (Å²) in [6.07, 6.45) is 2.98. The molecule has 2 aromatic rings. The monoisotopic (exact) mass is 490 g/mol. The van der Waals surface area contributed by atoms with Crippen LogP contribution in [0.5, 0.6) is 0 Å². The molecule has 0 radical (unpaired) electrons. The van der Waals surface area contributed by atoms with E-state index in [0.29, 0.717) is 48.9 Å². The van der Waals surface area contributed by atoms with Crippen molar-refractivity contribution in [2.75, 3.05) is 39.6 Å². The zero-order valence-corrected chi connectivity index (χ0v) is 18.1. The van der Waals surface area contributed by atoms with E-state index in [2.05, 4.69) is 9.97 Å². The van der Waals surface area contributed by atoms with E-state index in [1.54, 1.807) is 24.3 Å². The van der Waals surface area contributed by atoms with E-state index < -0.39 is 11.9 Å². The van der Waals surface area contributed by atoms with E-state index in [4.69, 9.17) is 18.9 Å². The van der Waals surface area contributed by atoms with Gasteiger partial charge in [0.2, 0.25) is 0 Å². The molecule has 0 N–H and O–H groups in total.